The molecule has 0 heterocycles. The van der Waals surface area contributed by atoms with E-state index >= 15 is 0 Å². The maximum atomic E-state index is 2.46. The summed E-state index contributed by atoms with van der Waals surface area (Å²) in [5.74, 6) is 3.31. The second-order valence-corrected chi connectivity index (χ2v) is 7.16. The first-order valence-corrected chi connectivity index (χ1v) is 6.54. The van der Waals surface area contributed by atoms with Crippen LogP contribution in [0.3, 0.4) is 0 Å². The first-order chi connectivity index (χ1) is 6.54. The van der Waals surface area contributed by atoms with Crippen molar-refractivity contribution in [3.05, 3.63) is 0 Å². The summed E-state index contributed by atoms with van der Waals surface area (Å²) in [7, 11) is 0. The van der Waals surface area contributed by atoms with Crippen molar-refractivity contribution in [3.8, 4) is 0 Å². The summed E-state index contributed by atoms with van der Waals surface area (Å²) in [4.78, 5) is 0. The summed E-state index contributed by atoms with van der Waals surface area (Å²) >= 11 is 0. The fraction of sp³-hybridized carbons (Fsp3) is 1.00. The number of rotatable bonds is 0. The topological polar surface area (TPSA) is 0 Å². The van der Waals surface area contributed by atoms with Crippen LogP contribution in [0.5, 0.6) is 0 Å². The lowest BCUT2D eigenvalue weighted by molar-refractivity contribution is -0.187. The van der Waals surface area contributed by atoms with Crippen molar-refractivity contribution < 1.29 is 0 Å². The molecule has 3 fully saturated rings. The van der Waals surface area contributed by atoms with Gasteiger partial charge in [0.25, 0.3) is 0 Å². The van der Waals surface area contributed by atoms with E-state index < -0.39 is 0 Å². The summed E-state index contributed by atoms with van der Waals surface area (Å²) in [5, 5.41) is 0. The van der Waals surface area contributed by atoms with Crippen LogP contribution in [-0.2, 0) is 0 Å². The van der Waals surface area contributed by atoms with Gasteiger partial charge >= 0.3 is 0 Å². The summed E-state index contributed by atoms with van der Waals surface area (Å²) in [6, 6.07) is 0. The van der Waals surface area contributed by atoms with Crippen LogP contribution >= 0.6 is 0 Å². The van der Waals surface area contributed by atoms with E-state index in [2.05, 4.69) is 20.8 Å². The van der Waals surface area contributed by atoms with Crippen LogP contribution in [0.1, 0.15) is 59.3 Å². The molecule has 3 saturated carbocycles. The van der Waals surface area contributed by atoms with E-state index in [4.69, 9.17) is 0 Å². The normalized spacial score (nSPS) is 51.2. The summed E-state index contributed by atoms with van der Waals surface area (Å²) in [6.07, 6.45) is 9.36. The minimum atomic E-state index is 0.568. The van der Waals surface area contributed by atoms with Gasteiger partial charge in [0.2, 0.25) is 0 Å². The fourth-order valence-corrected chi connectivity index (χ4v) is 4.87. The van der Waals surface area contributed by atoms with E-state index in [0.717, 1.165) is 23.2 Å². The van der Waals surface area contributed by atoms with Crippen LogP contribution in [-0.4, -0.2) is 0 Å². The van der Waals surface area contributed by atoms with Crippen molar-refractivity contribution in [2.24, 2.45) is 28.6 Å². The van der Waals surface area contributed by atoms with Crippen molar-refractivity contribution in [2.45, 2.75) is 59.3 Å². The first-order valence-electron chi connectivity index (χ1n) is 6.54. The highest BCUT2D eigenvalue weighted by Gasteiger charge is 2.62. The molecule has 0 aromatic carbocycles. The van der Waals surface area contributed by atoms with Crippen molar-refractivity contribution in [3.63, 3.8) is 0 Å². The Bertz CT molecular complexity index is 243. The molecule has 1 spiro atoms. The van der Waals surface area contributed by atoms with Gasteiger partial charge in [-0.2, -0.15) is 0 Å². The SMILES string of the molecule is CC(C)(C)C1CCC2CCC23CCC13. The quantitative estimate of drug-likeness (QED) is 0.538. The minimum absolute atomic E-state index is 0.568. The molecular weight excluding hydrogens is 168 g/mol. The maximum Gasteiger partial charge on any atom is -0.0238 e. The monoisotopic (exact) mass is 192 g/mol. The van der Waals surface area contributed by atoms with E-state index in [9.17, 15) is 0 Å². The molecule has 0 heteroatoms. The Labute approximate surface area is 88.5 Å². The molecule has 3 aliphatic rings. The third-order valence-corrected chi connectivity index (χ3v) is 5.85. The van der Waals surface area contributed by atoms with E-state index in [0.29, 0.717) is 5.41 Å². The molecule has 0 saturated heterocycles. The third kappa shape index (κ3) is 0.955. The molecule has 0 aromatic heterocycles. The Kier molecular flexibility index (Phi) is 1.70. The van der Waals surface area contributed by atoms with Crippen molar-refractivity contribution in [1.29, 1.82) is 0 Å². The van der Waals surface area contributed by atoms with Gasteiger partial charge in [0.15, 0.2) is 0 Å². The van der Waals surface area contributed by atoms with Crippen LogP contribution in [0.2, 0.25) is 0 Å². The van der Waals surface area contributed by atoms with Crippen LogP contribution in [0.15, 0.2) is 0 Å². The lowest BCUT2D eigenvalue weighted by Gasteiger charge is -2.68. The van der Waals surface area contributed by atoms with E-state index in [-0.39, 0.29) is 0 Å². The van der Waals surface area contributed by atoms with Gasteiger partial charge in [0, 0.05) is 0 Å². The van der Waals surface area contributed by atoms with Crippen LogP contribution < -0.4 is 0 Å². The average molecular weight is 192 g/mol. The molecule has 3 rings (SSSR count). The molecule has 80 valence electrons. The lowest BCUT2D eigenvalue weighted by atomic mass is 9.37. The van der Waals surface area contributed by atoms with Crippen molar-refractivity contribution in [1.82, 2.24) is 0 Å². The second kappa shape index (κ2) is 2.57. The van der Waals surface area contributed by atoms with E-state index in [1.807, 2.05) is 0 Å². The molecule has 0 radical (unpaired) electrons. The smallest absolute Gasteiger partial charge is 0.0238 e. The average Bonchev–Trinajstić information content (AvgIpc) is 1.94. The van der Waals surface area contributed by atoms with E-state index in [1.54, 1.807) is 32.1 Å². The molecule has 0 aliphatic heterocycles. The zero-order chi connectivity index (χ0) is 9.97. The molecule has 0 nitrogen and oxygen atoms in total. The highest BCUT2D eigenvalue weighted by atomic mass is 14.7. The predicted octanol–water partition coefficient (Wildman–Crippen LogP) is 4.25. The zero-order valence-corrected chi connectivity index (χ0v) is 9.97. The number of hydrogen-bond acceptors (Lipinski definition) is 0. The molecule has 4 unspecified atom stereocenters. The van der Waals surface area contributed by atoms with Crippen molar-refractivity contribution >= 4 is 0 Å². The van der Waals surface area contributed by atoms with Gasteiger partial charge in [0.05, 0.1) is 0 Å². The van der Waals surface area contributed by atoms with Gasteiger partial charge in [-0.25, -0.2) is 0 Å². The summed E-state index contributed by atoms with van der Waals surface area (Å²) < 4.78 is 0. The van der Waals surface area contributed by atoms with Crippen LogP contribution in [0.25, 0.3) is 0 Å². The molecular formula is C14H24. The van der Waals surface area contributed by atoms with Crippen LogP contribution in [0.4, 0.5) is 0 Å². The maximum absolute atomic E-state index is 2.46. The van der Waals surface area contributed by atoms with Gasteiger partial charge in [-0.3, -0.25) is 0 Å². The van der Waals surface area contributed by atoms with E-state index in [1.165, 1.54) is 6.42 Å². The van der Waals surface area contributed by atoms with Gasteiger partial charge < -0.3 is 0 Å². The molecule has 0 N–H and O–H groups in total. The Morgan fingerprint density at radius 3 is 2.07 bits per heavy atom. The molecule has 0 bridgehead atoms. The Balaban J connectivity index is 1.84. The fourth-order valence-electron chi connectivity index (χ4n) is 4.87. The third-order valence-electron chi connectivity index (χ3n) is 5.85. The second-order valence-electron chi connectivity index (χ2n) is 7.16. The highest BCUT2D eigenvalue weighted by Crippen LogP contribution is 2.71. The largest absolute Gasteiger partial charge is 0.0599 e. The number of hydrogen-bond donors (Lipinski definition) is 0. The van der Waals surface area contributed by atoms with Gasteiger partial charge in [-0.1, -0.05) is 20.8 Å². The molecule has 3 aliphatic carbocycles. The molecule has 0 aromatic rings. The van der Waals surface area contributed by atoms with Gasteiger partial charge in [-0.05, 0) is 67.1 Å². The molecule has 14 heavy (non-hydrogen) atoms. The highest BCUT2D eigenvalue weighted by molar-refractivity contribution is 5.11. The predicted molar refractivity (Wildman–Crippen MR) is 60.1 cm³/mol. The lowest BCUT2D eigenvalue weighted by Crippen LogP contribution is -2.59. The molecule has 0 amide bonds. The first kappa shape index (κ1) is 9.24. The van der Waals surface area contributed by atoms with Gasteiger partial charge in [0.1, 0.15) is 0 Å². The minimum Gasteiger partial charge on any atom is -0.0599 e. The Morgan fingerprint density at radius 1 is 0.929 bits per heavy atom. The molecule has 4 atom stereocenters. The van der Waals surface area contributed by atoms with Gasteiger partial charge in [-0.15, -0.1) is 0 Å². The van der Waals surface area contributed by atoms with Crippen molar-refractivity contribution in [2.75, 3.05) is 0 Å². The Hall–Kier alpha value is 0. The summed E-state index contributed by atoms with van der Waals surface area (Å²) in [6.45, 7) is 7.38. The Morgan fingerprint density at radius 2 is 1.64 bits per heavy atom. The zero-order valence-electron chi connectivity index (χ0n) is 9.97. The standard InChI is InChI=1S/C14H24/c1-13(2,3)11-5-4-10-6-8-14(10)9-7-12(11)14/h10-12H,4-9H2,1-3H3. The van der Waals surface area contributed by atoms with Crippen LogP contribution in [0, 0.1) is 28.6 Å². The summed E-state index contributed by atoms with van der Waals surface area (Å²) in [5.41, 5.74) is 1.45.